The van der Waals surface area contributed by atoms with Crippen molar-refractivity contribution in [3.8, 4) is 0 Å². The minimum absolute atomic E-state index is 0.149. The van der Waals surface area contributed by atoms with Gasteiger partial charge in [0.05, 0.1) is 17.8 Å². The maximum absolute atomic E-state index is 10.3. The summed E-state index contributed by atoms with van der Waals surface area (Å²) in [6.07, 6.45) is 13.8. The van der Waals surface area contributed by atoms with Crippen LogP contribution >= 0.6 is 0 Å². The molecule has 0 aromatic rings. The Bertz CT molecular complexity index is 716. The van der Waals surface area contributed by atoms with Crippen molar-refractivity contribution in [1.82, 2.24) is 0 Å². The van der Waals surface area contributed by atoms with Crippen LogP contribution in [0.5, 0.6) is 0 Å². The van der Waals surface area contributed by atoms with Crippen LogP contribution < -0.4 is 0 Å². The monoisotopic (exact) mass is 416 g/mol. The molecule has 0 heterocycles. The molecule has 0 aliphatic heterocycles. The van der Waals surface area contributed by atoms with Gasteiger partial charge in [0.25, 0.3) is 0 Å². The van der Waals surface area contributed by atoms with E-state index in [-0.39, 0.29) is 11.5 Å². The summed E-state index contributed by atoms with van der Waals surface area (Å²) in [5.74, 6) is 2.62. The zero-order valence-electron chi connectivity index (χ0n) is 19.8. The third-order valence-electron chi connectivity index (χ3n) is 10.0. The number of aliphatic hydroxyl groups is 3. The average molecular weight is 417 g/mol. The zero-order chi connectivity index (χ0) is 21.9. The molecule has 0 aromatic heterocycles. The van der Waals surface area contributed by atoms with Crippen LogP contribution in [0, 0.1) is 34.5 Å². The van der Waals surface area contributed by atoms with Crippen molar-refractivity contribution in [1.29, 1.82) is 0 Å². The molecule has 4 aliphatic rings. The Hall–Kier alpha value is -0.640. The molecule has 3 saturated carbocycles. The minimum atomic E-state index is -1.01. The van der Waals surface area contributed by atoms with Gasteiger partial charge in [0.15, 0.2) is 0 Å². The summed E-state index contributed by atoms with van der Waals surface area (Å²) in [7, 11) is 0. The summed E-state index contributed by atoms with van der Waals surface area (Å²) in [5, 5.41) is 30.6. The highest BCUT2D eigenvalue weighted by molar-refractivity contribution is 5.38. The Labute approximate surface area is 183 Å². The van der Waals surface area contributed by atoms with E-state index in [1.165, 1.54) is 31.3 Å². The molecule has 1 unspecified atom stereocenters. The predicted octanol–water partition coefficient (Wildman–Crippen LogP) is 5.39. The smallest absolute Gasteiger partial charge is 0.0849 e. The van der Waals surface area contributed by atoms with E-state index < -0.39 is 11.7 Å². The Balaban J connectivity index is 1.51. The molecule has 170 valence electrons. The van der Waals surface area contributed by atoms with E-state index >= 15 is 0 Å². The summed E-state index contributed by atoms with van der Waals surface area (Å²) in [6.45, 7) is 10.8. The van der Waals surface area contributed by atoms with Gasteiger partial charge in [-0.15, -0.1) is 0 Å². The van der Waals surface area contributed by atoms with Crippen molar-refractivity contribution < 1.29 is 15.3 Å². The Kier molecular flexibility index (Phi) is 5.82. The molecule has 3 heteroatoms. The molecule has 3 N–H and O–H groups in total. The largest absolute Gasteiger partial charge is 0.393 e. The summed E-state index contributed by atoms with van der Waals surface area (Å²) >= 11 is 0. The van der Waals surface area contributed by atoms with Crippen LogP contribution in [-0.4, -0.2) is 33.1 Å². The molecule has 0 saturated heterocycles. The molecule has 4 rings (SSSR count). The lowest BCUT2D eigenvalue weighted by molar-refractivity contribution is -0.0557. The quantitative estimate of drug-likeness (QED) is 0.563. The molecule has 3 fully saturated rings. The fraction of sp³-hybridized carbons (Fsp3) is 0.852. The Morgan fingerprint density at radius 1 is 1.03 bits per heavy atom. The first-order chi connectivity index (χ1) is 14.0. The number of hydrogen-bond acceptors (Lipinski definition) is 3. The first-order valence-electron chi connectivity index (χ1n) is 12.5. The van der Waals surface area contributed by atoms with Crippen LogP contribution in [0.1, 0.15) is 92.4 Å². The highest BCUT2D eigenvalue weighted by Gasteiger charge is 2.56. The summed E-state index contributed by atoms with van der Waals surface area (Å²) in [4.78, 5) is 0. The molecule has 0 bridgehead atoms. The maximum Gasteiger partial charge on any atom is 0.0849 e. The highest BCUT2D eigenvalue weighted by Crippen LogP contribution is 2.66. The molecule has 30 heavy (non-hydrogen) atoms. The average Bonchev–Trinajstić information content (AvgIpc) is 3.03. The second-order valence-corrected chi connectivity index (χ2v) is 12.2. The van der Waals surface area contributed by atoms with Crippen LogP contribution in [0.15, 0.2) is 23.3 Å². The number of hydrogen-bond donors (Lipinski definition) is 3. The number of aliphatic hydroxyl groups excluding tert-OH is 2. The van der Waals surface area contributed by atoms with E-state index in [1.54, 1.807) is 19.4 Å². The molecule has 0 amide bonds. The third-order valence-corrected chi connectivity index (χ3v) is 10.0. The predicted molar refractivity (Wildman–Crippen MR) is 122 cm³/mol. The molecule has 0 spiro atoms. The second-order valence-electron chi connectivity index (χ2n) is 12.2. The van der Waals surface area contributed by atoms with Gasteiger partial charge in [-0.1, -0.05) is 44.1 Å². The molecule has 0 radical (unpaired) electrons. The Morgan fingerprint density at radius 2 is 1.77 bits per heavy atom. The van der Waals surface area contributed by atoms with Gasteiger partial charge in [-0.2, -0.15) is 0 Å². The van der Waals surface area contributed by atoms with E-state index in [0.29, 0.717) is 35.5 Å². The van der Waals surface area contributed by atoms with Crippen molar-refractivity contribution >= 4 is 0 Å². The standard InChI is InChI=1S/C27H44O3/c1-17(6-11-24(29)25(2,3)30)21-9-10-22-20-8-7-18-16-19(28)12-14-26(18,4)23(20)13-15-27(21,22)5/h7-8,17,19,21-24,28-30H,6,9-16H2,1-5H3/t17-,19?,21-,22+,23+,24-,26+,27-/m1/s1. The van der Waals surface area contributed by atoms with E-state index in [4.69, 9.17) is 0 Å². The van der Waals surface area contributed by atoms with Gasteiger partial charge >= 0.3 is 0 Å². The third kappa shape index (κ3) is 3.63. The van der Waals surface area contributed by atoms with E-state index in [0.717, 1.165) is 25.7 Å². The molecular weight excluding hydrogens is 372 g/mol. The highest BCUT2D eigenvalue weighted by atomic mass is 16.3. The molecule has 4 aliphatic carbocycles. The van der Waals surface area contributed by atoms with Gasteiger partial charge in [-0.3, -0.25) is 0 Å². The second kappa shape index (κ2) is 7.74. The van der Waals surface area contributed by atoms with Gasteiger partial charge in [0.1, 0.15) is 0 Å². The topological polar surface area (TPSA) is 60.7 Å². The van der Waals surface area contributed by atoms with E-state index in [2.05, 4.69) is 32.9 Å². The first-order valence-corrected chi connectivity index (χ1v) is 12.5. The number of allylic oxidation sites excluding steroid dienone is 3. The number of fused-ring (bicyclic) bond motifs is 5. The lowest BCUT2D eigenvalue weighted by Crippen LogP contribution is -2.46. The summed E-state index contributed by atoms with van der Waals surface area (Å²) in [5.41, 5.74) is 2.79. The minimum Gasteiger partial charge on any atom is -0.393 e. The zero-order valence-corrected chi connectivity index (χ0v) is 19.8. The Morgan fingerprint density at radius 3 is 2.47 bits per heavy atom. The van der Waals surface area contributed by atoms with Crippen LogP contribution in [0.3, 0.4) is 0 Å². The lowest BCUT2D eigenvalue weighted by Gasteiger charge is -2.55. The van der Waals surface area contributed by atoms with Gasteiger partial charge in [-0.25, -0.2) is 0 Å². The normalized spacial score (nSPS) is 43.1. The summed E-state index contributed by atoms with van der Waals surface area (Å²) < 4.78 is 0. The lowest BCUT2D eigenvalue weighted by atomic mass is 9.50. The van der Waals surface area contributed by atoms with Crippen molar-refractivity contribution in [3.63, 3.8) is 0 Å². The fourth-order valence-corrected chi connectivity index (χ4v) is 7.93. The van der Waals surface area contributed by atoms with Gasteiger partial charge in [0, 0.05) is 0 Å². The maximum atomic E-state index is 10.3. The van der Waals surface area contributed by atoms with Crippen LogP contribution in [-0.2, 0) is 0 Å². The fourth-order valence-electron chi connectivity index (χ4n) is 7.93. The van der Waals surface area contributed by atoms with Crippen LogP contribution in [0.25, 0.3) is 0 Å². The van der Waals surface area contributed by atoms with Crippen LogP contribution in [0.4, 0.5) is 0 Å². The SMILES string of the molecule is C[C@H](CC[C@@H](O)C(C)(C)O)[C@H]1CC[C@H]2C3=CC=C4CC(O)CC[C@]4(C)[C@H]3CC[C@]12C. The van der Waals surface area contributed by atoms with E-state index in [9.17, 15) is 15.3 Å². The van der Waals surface area contributed by atoms with Crippen molar-refractivity contribution in [2.45, 2.75) is 110 Å². The van der Waals surface area contributed by atoms with Gasteiger partial charge < -0.3 is 15.3 Å². The molecule has 0 aromatic carbocycles. The van der Waals surface area contributed by atoms with Gasteiger partial charge in [0.2, 0.25) is 0 Å². The molecule has 8 atom stereocenters. The molecular formula is C27H44O3. The van der Waals surface area contributed by atoms with Crippen molar-refractivity contribution in [2.24, 2.45) is 34.5 Å². The van der Waals surface area contributed by atoms with Gasteiger partial charge in [-0.05, 0) is 106 Å². The van der Waals surface area contributed by atoms with E-state index in [1.807, 2.05) is 0 Å². The first kappa shape index (κ1) is 22.6. The molecule has 3 nitrogen and oxygen atoms in total. The van der Waals surface area contributed by atoms with Crippen LogP contribution in [0.2, 0.25) is 0 Å². The van der Waals surface area contributed by atoms with Crippen molar-refractivity contribution in [3.05, 3.63) is 23.3 Å². The van der Waals surface area contributed by atoms with Crippen molar-refractivity contribution in [2.75, 3.05) is 0 Å². The number of rotatable bonds is 5. The summed E-state index contributed by atoms with van der Waals surface area (Å²) in [6, 6.07) is 0.